The number of halogens is 1. The van der Waals surface area contributed by atoms with Crippen LogP contribution in [0.5, 0.6) is 0 Å². The predicted molar refractivity (Wildman–Crippen MR) is 72.4 cm³/mol. The average Bonchev–Trinajstić information content (AvgIpc) is 2.88. The van der Waals surface area contributed by atoms with E-state index in [1.165, 1.54) is 17.4 Å². The lowest BCUT2D eigenvalue weighted by molar-refractivity contribution is 0.0916. The fourth-order valence-corrected chi connectivity index (χ4v) is 2.32. The van der Waals surface area contributed by atoms with E-state index in [0.717, 1.165) is 17.7 Å². The summed E-state index contributed by atoms with van der Waals surface area (Å²) < 4.78 is 13.1. The molecule has 6 heteroatoms. The first kappa shape index (κ1) is 13.5. The second-order valence-corrected chi connectivity index (χ2v) is 4.84. The molecule has 100 valence electrons. The van der Waals surface area contributed by atoms with Crippen molar-refractivity contribution in [2.24, 2.45) is 0 Å². The van der Waals surface area contributed by atoms with Crippen LogP contribution in [-0.4, -0.2) is 17.6 Å². The lowest BCUT2D eigenvalue weighted by Crippen LogP contribution is -2.28. The third kappa shape index (κ3) is 3.52. The van der Waals surface area contributed by atoms with Gasteiger partial charge in [0.1, 0.15) is 5.82 Å². The SMILES string of the molecule is Nc1cc(F)cc(C(=O)NCC(O)c2ccsc2)c1. The van der Waals surface area contributed by atoms with Gasteiger partial charge >= 0.3 is 0 Å². The van der Waals surface area contributed by atoms with Gasteiger partial charge in [-0.2, -0.15) is 11.3 Å². The maximum Gasteiger partial charge on any atom is 0.251 e. The van der Waals surface area contributed by atoms with Gasteiger partial charge in [0.05, 0.1) is 6.10 Å². The van der Waals surface area contributed by atoms with Crippen molar-refractivity contribution < 1.29 is 14.3 Å². The number of carbonyl (C=O) groups excluding carboxylic acids is 1. The number of hydrogen-bond acceptors (Lipinski definition) is 4. The Hall–Kier alpha value is -1.92. The van der Waals surface area contributed by atoms with E-state index in [0.29, 0.717) is 0 Å². The summed E-state index contributed by atoms with van der Waals surface area (Å²) in [5.74, 6) is -1.04. The summed E-state index contributed by atoms with van der Waals surface area (Å²) in [4.78, 5) is 11.8. The first-order valence-electron chi connectivity index (χ1n) is 5.60. The molecule has 1 atom stereocenters. The van der Waals surface area contributed by atoms with Crippen LogP contribution in [0.1, 0.15) is 22.0 Å². The summed E-state index contributed by atoms with van der Waals surface area (Å²) in [6, 6.07) is 5.40. The van der Waals surface area contributed by atoms with E-state index in [-0.39, 0.29) is 17.8 Å². The molecular formula is C13H13FN2O2S. The number of anilines is 1. The number of amides is 1. The van der Waals surface area contributed by atoms with Crippen LogP contribution in [0.3, 0.4) is 0 Å². The molecule has 0 bridgehead atoms. The molecule has 0 saturated heterocycles. The molecule has 1 aromatic carbocycles. The lowest BCUT2D eigenvalue weighted by Gasteiger charge is -2.11. The van der Waals surface area contributed by atoms with E-state index in [2.05, 4.69) is 5.32 Å². The van der Waals surface area contributed by atoms with Gasteiger partial charge in [0.15, 0.2) is 0 Å². The summed E-state index contributed by atoms with van der Waals surface area (Å²) >= 11 is 1.46. The van der Waals surface area contributed by atoms with Crippen LogP contribution >= 0.6 is 11.3 Å². The molecule has 0 spiro atoms. The van der Waals surface area contributed by atoms with Crippen molar-refractivity contribution in [2.75, 3.05) is 12.3 Å². The number of carbonyl (C=O) groups is 1. The molecule has 1 unspecified atom stereocenters. The number of nitrogens with two attached hydrogens (primary N) is 1. The number of nitrogen functional groups attached to an aromatic ring is 1. The normalized spacial score (nSPS) is 12.1. The van der Waals surface area contributed by atoms with Gasteiger partial charge in [-0.25, -0.2) is 4.39 Å². The number of aliphatic hydroxyl groups is 1. The zero-order valence-electron chi connectivity index (χ0n) is 9.97. The topological polar surface area (TPSA) is 75.4 Å². The van der Waals surface area contributed by atoms with Crippen LogP contribution < -0.4 is 11.1 Å². The number of benzene rings is 1. The van der Waals surface area contributed by atoms with Gasteiger partial charge in [-0.15, -0.1) is 0 Å². The second-order valence-electron chi connectivity index (χ2n) is 4.06. The quantitative estimate of drug-likeness (QED) is 0.749. The number of nitrogens with one attached hydrogen (secondary N) is 1. The first-order chi connectivity index (χ1) is 9.06. The molecule has 2 aromatic rings. The zero-order valence-corrected chi connectivity index (χ0v) is 10.8. The fraction of sp³-hybridized carbons (Fsp3) is 0.154. The molecule has 0 saturated carbocycles. The van der Waals surface area contributed by atoms with Gasteiger partial charge in [0, 0.05) is 17.8 Å². The Balaban J connectivity index is 1.98. The van der Waals surface area contributed by atoms with Crippen LogP contribution in [0, 0.1) is 5.82 Å². The molecule has 0 aliphatic heterocycles. The number of rotatable bonds is 4. The van der Waals surface area contributed by atoms with Crippen molar-refractivity contribution in [3.8, 4) is 0 Å². The number of aliphatic hydroxyl groups excluding tert-OH is 1. The Bertz CT molecular complexity index is 552. The molecule has 0 fully saturated rings. The highest BCUT2D eigenvalue weighted by molar-refractivity contribution is 7.07. The highest BCUT2D eigenvalue weighted by Gasteiger charge is 2.12. The molecule has 0 aliphatic rings. The largest absolute Gasteiger partial charge is 0.399 e. The van der Waals surface area contributed by atoms with Crippen LogP contribution in [-0.2, 0) is 0 Å². The Kier molecular flexibility index (Phi) is 4.13. The minimum atomic E-state index is -0.777. The van der Waals surface area contributed by atoms with Crippen molar-refractivity contribution in [1.82, 2.24) is 5.32 Å². The van der Waals surface area contributed by atoms with Gasteiger partial charge < -0.3 is 16.2 Å². The molecule has 4 N–H and O–H groups in total. The Morgan fingerprint density at radius 2 is 2.26 bits per heavy atom. The zero-order chi connectivity index (χ0) is 13.8. The lowest BCUT2D eigenvalue weighted by atomic mass is 10.1. The van der Waals surface area contributed by atoms with Gasteiger partial charge in [-0.05, 0) is 40.6 Å². The van der Waals surface area contributed by atoms with E-state index in [1.54, 1.807) is 11.4 Å². The van der Waals surface area contributed by atoms with E-state index in [4.69, 9.17) is 5.73 Å². The molecule has 0 aliphatic carbocycles. The highest BCUT2D eigenvalue weighted by atomic mass is 32.1. The molecular weight excluding hydrogens is 267 g/mol. The predicted octanol–water partition coefficient (Wildman–Crippen LogP) is 1.93. The maximum absolute atomic E-state index is 13.1. The third-order valence-corrected chi connectivity index (χ3v) is 3.27. The van der Waals surface area contributed by atoms with E-state index < -0.39 is 17.8 Å². The molecule has 1 aromatic heterocycles. The summed E-state index contributed by atoms with van der Waals surface area (Å²) in [6.45, 7) is 0.0615. The minimum Gasteiger partial charge on any atom is -0.399 e. The van der Waals surface area contributed by atoms with Gasteiger partial charge in [0.2, 0.25) is 0 Å². The van der Waals surface area contributed by atoms with Crippen LogP contribution in [0.15, 0.2) is 35.0 Å². The van der Waals surface area contributed by atoms with Crippen LogP contribution in [0.4, 0.5) is 10.1 Å². The molecule has 19 heavy (non-hydrogen) atoms. The van der Waals surface area contributed by atoms with E-state index in [9.17, 15) is 14.3 Å². The summed E-state index contributed by atoms with van der Waals surface area (Å²) in [7, 11) is 0. The Morgan fingerprint density at radius 3 is 2.89 bits per heavy atom. The Morgan fingerprint density at radius 1 is 1.47 bits per heavy atom. The standard InChI is InChI=1S/C13H13FN2O2S/c14-10-3-9(4-11(15)5-10)13(18)16-6-12(17)8-1-2-19-7-8/h1-5,7,12,17H,6,15H2,(H,16,18). The van der Waals surface area contributed by atoms with Crippen molar-refractivity contribution in [1.29, 1.82) is 0 Å². The van der Waals surface area contributed by atoms with Crippen LogP contribution in [0.25, 0.3) is 0 Å². The number of hydrogen-bond donors (Lipinski definition) is 3. The van der Waals surface area contributed by atoms with Crippen molar-refractivity contribution in [2.45, 2.75) is 6.10 Å². The van der Waals surface area contributed by atoms with Crippen molar-refractivity contribution in [3.05, 3.63) is 52.0 Å². The summed E-state index contributed by atoms with van der Waals surface area (Å²) in [5, 5.41) is 16.0. The van der Waals surface area contributed by atoms with E-state index in [1.807, 2.05) is 5.38 Å². The van der Waals surface area contributed by atoms with Gasteiger partial charge in [0.25, 0.3) is 5.91 Å². The molecule has 1 amide bonds. The van der Waals surface area contributed by atoms with Crippen molar-refractivity contribution >= 4 is 22.9 Å². The fourth-order valence-electron chi connectivity index (χ4n) is 1.62. The smallest absolute Gasteiger partial charge is 0.251 e. The monoisotopic (exact) mass is 280 g/mol. The Labute approximate surface area is 113 Å². The van der Waals surface area contributed by atoms with Gasteiger partial charge in [-0.1, -0.05) is 0 Å². The minimum absolute atomic E-state index is 0.0615. The molecule has 1 heterocycles. The highest BCUT2D eigenvalue weighted by Crippen LogP contribution is 2.15. The third-order valence-electron chi connectivity index (χ3n) is 2.57. The van der Waals surface area contributed by atoms with Gasteiger partial charge in [-0.3, -0.25) is 4.79 Å². The molecule has 0 radical (unpaired) electrons. The second kappa shape index (κ2) is 5.81. The summed E-state index contributed by atoms with van der Waals surface area (Å²) in [5.41, 5.74) is 6.52. The summed E-state index contributed by atoms with van der Waals surface area (Å²) in [6.07, 6.45) is -0.777. The molecule has 4 nitrogen and oxygen atoms in total. The van der Waals surface area contributed by atoms with Crippen LogP contribution in [0.2, 0.25) is 0 Å². The first-order valence-corrected chi connectivity index (χ1v) is 6.55. The van der Waals surface area contributed by atoms with E-state index >= 15 is 0 Å². The molecule has 2 rings (SSSR count). The average molecular weight is 280 g/mol. The maximum atomic E-state index is 13.1. The van der Waals surface area contributed by atoms with Crippen molar-refractivity contribution in [3.63, 3.8) is 0 Å². The number of thiophene rings is 1.